The summed E-state index contributed by atoms with van der Waals surface area (Å²) in [6.45, 7) is 4.65. The maximum Gasteiger partial charge on any atom is 0.330 e. The summed E-state index contributed by atoms with van der Waals surface area (Å²) in [5.74, 6) is -2.93. The Kier molecular flexibility index (Phi) is 6.17. The average molecular weight is 516 g/mol. The number of alkyl halides is 2. The largest absolute Gasteiger partial charge is 0.493 e. The molecule has 0 radical (unpaired) electrons. The number of amides is 1. The zero-order valence-electron chi connectivity index (χ0n) is 20.2. The minimum absolute atomic E-state index is 0.00166. The molecule has 1 unspecified atom stereocenters. The van der Waals surface area contributed by atoms with E-state index < -0.39 is 11.6 Å². The van der Waals surface area contributed by atoms with Crippen LogP contribution in [0.3, 0.4) is 0 Å². The van der Waals surface area contributed by atoms with Gasteiger partial charge in [0.15, 0.2) is 0 Å². The number of hydrogen-bond acceptors (Lipinski definition) is 7. The highest BCUT2D eigenvalue weighted by Gasteiger charge is 2.56. The molecule has 0 saturated carbocycles. The first-order chi connectivity index (χ1) is 17.1. The number of hydrogen-bond donors (Lipinski definition) is 2. The number of aromatic nitrogens is 2. The van der Waals surface area contributed by atoms with E-state index in [2.05, 4.69) is 10.00 Å². The second-order valence-corrected chi connectivity index (χ2v) is 10.5. The van der Waals surface area contributed by atoms with Gasteiger partial charge in [-0.25, -0.2) is 0 Å². The normalized spacial score (nSPS) is 18.0. The van der Waals surface area contributed by atoms with Crippen LogP contribution in [0.1, 0.15) is 27.7 Å². The highest BCUT2D eigenvalue weighted by atomic mass is 32.1. The highest BCUT2D eigenvalue weighted by molar-refractivity contribution is 7.17. The third-order valence-corrected chi connectivity index (χ3v) is 7.95. The van der Waals surface area contributed by atoms with Gasteiger partial charge < -0.3 is 14.5 Å². The molecule has 36 heavy (non-hydrogen) atoms. The number of thiophene rings is 1. The first-order valence-corrected chi connectivity index (χ1v) is 12.6. The van der Waals surface area contributed by atoms with Crippen LogP contribution in [0.15, 0.2) is 42.5 Å². The van der Waals surface area contributed by atoms with Gasteiger partial charge in [-0.2, -0.15) is 8.78 Å². The van der Waals surface area contributed by atoms with Crippen molar-refractivity contribution in [2.75, 3.05) is 45.6 Å². The highest BCUT2D eigenvalue weighted by Crippen LogP contribution is 2.40. The summed E-state index contributed by atoms with van der Waals surface area (Å²) in [5, 5.41) is 4.41. The number of nitrogens with zero attached hydrogens (tertiary/aromatic N) is 4. The number of ether oxygens (including phenoxy) is 1. The van der Waals surface area contributed by atoms with Gasteiger partial charge >= 0.3 is 5.92 Å². The molecule has 4 heterocycles. The van der Waals surface area contributed by atoms with Crippen LogP contribution < -0.4 is 20.9 Å². The Hall–Kier alpha value is -3.15. The van der Waals surface area contributed by atoms with Crippen LogP contribution in [-0.4, -0.2) is 60.6 Å². The summed E-state index contributed by atoms with van der Waals surface area (Å²) in [6.07, 6.45) is 0.567. The number of nitrogens with two attached hydrogens (primary N) is 2. The molecule has 0 spiro atoms. The number of piperazine rings is 1. The van der Waals surface area contributed by atoms with Crippen LogP contribution in [0, 0.1) is 0 Å². The fourth-order valence-electron chi connectivity index (χ4n) is 4.50. The molecule has 0 aliphatic carbocycles. The van der Waals surface area contributed by atoms with Crippen molar-refractivity contribution >= 4 is 23.1 Å². The molecule has 11 heteroatoms. The number of nitrogen functional groups attached to an aromatic ring is 1. The van der Waals surface area contributed by atoms with E-state index in [4.69, 9.17) is 16.2 Å². The Balaban J connectivity index is 1.44. The monoisotopic (exact) mass is 515 g/mol. The zero-order valence-corrected chi connectivity index (χ0v) is 21.0. The summed E-state index contributed by atoms with van der Waals surface area (Å²) >= 11 is 1.27. The molecule has 0 bridgehead atoms. The Morgan fingerprint density at radius 3 is 2.64 bits per heavy atom. The van der Waals surface area contributed by atoms with Crippen LogP contribution >= 0.6 is 11.3 Å². The summed E-state index contributed by atoms with van der Waals surface area (Å²) < 4.78 is 38.0. The van der Waals surface area contributed by atoms with Crippen molar-refractivity contribution in [2.24, 2.45) is 5.73 Å². The number of rotatable bonds is 5. The van der Waals surface area contributed by atoms with Gasteiger partial charge in [0.25, 0.3) is 11.7 Å². The quantitative estimate of drug-likeness (QED) is 0.506. The molecular formula is C25H29F2N6O2S+. The Bertz CT molecular complexity index is 1300. The predicted molar refractivity (Wildman–Crippen MR) is 133 cm³/mol. The van der Waals surface area contributed by atoms with E-state index in [1.807, 2.05) is 11.9 Å². The lowest BCUT2D eigenvalue weighted by molar-refractivity contribution is -0.818. The number of likely N-dealkylation sites (N-methyl/N-ethyl adjacent to an activating group) is 1. The first-order valence-electron chi connectivity index (χ1n) is 11.8. The molecule has 1 fully saturated rings. The van der Waals surface area contributed by atoms with E-state index in [0.717, 1.165) is 23.3 Å². The second-order valence-electron chi connectivity index (χ2n) is 9.46. The van der Waals surface area contributed by atoms with E-state index in [-0.39, 0.29) is 17.3 Å². The smallest absolute Gasteiger partial charge is 0.330 e. The van der Waals surface area contributed by atoms with Gasteiger partial charge in [0.2, 0.25) is 5.66 Å². The molecule has 4 N–H and O–H groups in total. The predicted octanol–water partition coefficient (Wildman–Crippen LogP) is 2.43. The van der Waals surface area contributed by atoms with Crippen molar-refractivity contribution in [3.63, 3.8) is 0 Å². The topological polar surface area (TPSA) is 102 Å². The third-order valence-electron chi connectivity index (χ3n) is 6.85. The lowest BCUT2D eigenvalue weighted by atomic mass is 9.94. The van der Waals surface area contributed by atoms with E-state index >= 15 is 8.78 Å². The first kappa shape index (κ1) is 24.5. The third kappa shape index (κ3) is 4.21. The van der Waals surface area contributed by atoms with Gasteiger partial charge in [0.1, 0.15) is 11.4 Å². The summed E-state index contributed by atoms with van der Waals surface area (Å²) in [7, 11) is 2.03. The molecule has 1 aromatic carbocycles. The molecule has 1 amide bonds. The Labute approximate surface area is 212 Å². The summed E-state index contributed by atoms with van der Waals surface area (Å²) in [5.41, 5.74) is 11.0. The number of anilines is 1. The van der Waals surface area contributed by atoms with Crippen LogP contribution in [0.2, 0.25) is 0 Å². The maximum atomic E-state index is 15.8. The SMILES string of the molecule is CN1CCN(C(=O)c2ccc(-c3ccc(N)[n+](C(C)(N)C(F)(F)c4ccc5c(c4)CCO5)n3)s2)CC1. The van der Waals surface area contributed by atoms with Crippen LogP contribution in [0.4, 0.5) is 14.6 Å². The molecule has 3 aromatic rings. The molecule has 1 atom stereocenters. The summed E-state index contributed by atoms with van der Waals surface area (Å²) in [4.78, 5) is 18.2. The molecular weight excluding hydrogens is 486 g/mol. The minimum atomic E-state index is -3.49. The van der Waals surface area contributed by atoms with Gasteiger partial charge in [0, 0.05) is 51.2 Å². The Morgan fingerprint density at radius 1 is 1.14 bits per heavy atom. The van der Waals surface area contributed by atoms with Crippen molar-refractivity contribution in [1.29, 1.82) is 0 Å². The van der Waals surface area contributed by atoms with Crippen molar-refractivity contribution < 1.29 is 23.0 Å². The summed E-state index contributed by atoms with van der Waals surface area (Å²) in [6, 6.07) is 11.0. The Morgan fingerprint density at radius 2 is 1.89 bits per heavy atom. The van der Waals surface area contributed by atoms with E-state index in [1.165, 1.54) is 36.5 Å². The second kappa shape index (κ2) is 9.06. The number of benzene rings is 1. The number of fused-ring (bicyclic) bond motifs is 1. The lowest BCUT2D eigenvalue weighted by Gasteiger charge is -2.32. The van der Waals surface area contributed by atoms with Gasteiger partial charge in [-0.1, -0.05) is 5.10 Å². The van der Waals surface area contributed by atoms with Gasteiger partial charge in [-0.15, -0.1) is 16.0 Å². The molecule has 2 aliphatic heterocycles. The fraction of sp³-hybridized carbons (Fsp3) is 0.400. The van der Waals surface area contributed by atoms with Crippen molar-refractivity contribution in [1.82, 2.24) is 14.9 Å². The number of carbonyl (C=O) groups is 1. The molecule has 2 aliphatic rings. The molecule has 1 saturated heterocycles. The van der Waals surface area contributed by atoms with Gasteiger partial charge in [0.05, 0.1) is 16.4 Å². The standard InChI is InChI=1S/C25H28F2N6O2S/c1-24(29,25(26,27)17-3-5-19-16(15-17)9-14-35-19)33-22(28)8-4-18(30-33)20-6-7-21(36-20)23(34)32-12-10-31(2)11-13-32/h3-8,15,28H,9-14,29H2,1-2H3/p+1. The van der Waals surface area contributed by atoms with E-state index in [9.17, 15) is 4.79 Å². The van der Waals surface area contributed by atoms with Crippen LogP contribution in [0.5, 0.6) is 5.75 Å². The van der Waals surface area contributed by atoms with Crippen molar-refractivity contribution in [2.45, 2.75) is 24.9 Å². The zero-order chi connectivity index (χ0) is 25.7. The van der Waals surface area contributed by atoms with Crippen molar-refractivity contribution in [3.05, 3.63) is 58.5 Å². The van der Waals surface area contributed by atoms with E-state index in [0.29, 0.717) is 47.3 Å². The fourth-order valence-corrected chi connectivity index (χ4v) is 5.44. The van der Waals surface area contributed by atoms with E-state index in [1.54, 1.807) is 24.3 Å². The lowest BCUT2D eigenvalue weighted by Crippen LogP contribution is -2.71. The number of halogens is 2. The molecule has 2 aromatic heterocycles. The maximum absolute atomic E-state index is 15.8. The minimum Gasteiger partial charge on any atom is -0.493 e. The van der Waals surface area contributed by atoms with Gasteiger partial charge in [-0.05, 0) is 49.0 Å². The van der Waals surface area contributed by atoms with Crippen LogP contribution in [0.25, 0.3) is 10.6 Å². The molecule has 5 rings (SSSR count). The van der Waals surface area contributed by atoms with Gasteiger partial charge in [-0.3, -0.25) is 16.3 Å². The average Bonchev–Trinajstić information content (AvgIpc) is 3.53. The van der Waals surface area contributed by atoms with Crippen LogP contribution in [-0.2, 0) is 18.0 Å². The molecule has 8 nitrogen and oxygen atoms in total. The molecule has 190 valence electrons. The van der Waals surface area contributed by atoms with Crippen molar-refractivity contribution in [3.8, 4) is 16.3 Å². The number of carbonyl (C=O) groups excluding carboxylic acids is 1.